The molecule has 0 fully saturated rings. The number of halogens is 2. The Morgan fingerprint density at radius 3 is 2.38 bits per heavy atom. The van der Waals surface area contributed by atoms with Crippen LogP contribution in [0.5, 0.6) is 0 Å². The van der Waals surface area contributed by atoms with Crippen molar-refractivity contribution in [3.05, 3.63) is 40.5 Å². The summed E-state index contributed by atoms with van der Waals surface area (Å²) in [5.41, 5.74) is 1.15. The molecule has 0 spiro atoms. The number of rotatable bonds is 4. The molecular weight excluding hydrogens is 210 g/mol. The third kappa shape index (κ3) is 2.47. The van der Waals surface area contributed by atoms with Crippen LogP contribution >= 0.6 is 0 Å². The van der Waals surface area contributed by atoms with Gasteiger partial charge in [0.2, 0.25) is 0 Å². The van der Waals surface area contributed by atoms with Gasteiger partial charge in [-0.2, -0.15) is 0 Å². The molecule has 3 heteroatoms. The summed E-state index contributed by atoms with van der Waals surface area (Å²) >= 11 is 0. The largest absolute Gasteiger partial charge is 0.392 e. The van der Waals surface area contributed by atoms with Crippen LogP contribution < -0.4 is 0 Å². The number of benzene rings is 1. The number of hydrogen-bond donors (Lipinski definition) is 1. The molecule has 0 atom stereocenters. The Labute approximate surface area is 94.4 Å². The predicted molar refractivity (Wildman–Crippen MR) is 60.1 cm³/mol. The molecule has 87 valence electrons. The van der Waals surface area contributed by atoms with Gasteiger partial charge in [0.1, 0.15) is 0 Å². The molecule has 0 saturated carbocycles. The van der Waals surface area contributed by atoms with Gasteiger partial charge in [0.25, 0.3) is 0 Å². The average molecular weight is 225 g/mol. The molecule has 1 aromatic rings. The molecule has 0 bridgehead atoms. The van der Waals surface area contributed by atoms with E-state index in [9.17, 15) is 8.78 Å². The van der Waals surface area contributed by atoms with Crippen molar-refractivity contribution in [2.45, 2.75) is 26.7 Å². The van der Waals surface area contributed by atoms with Crippen LogP contribution in [0.1, 0.15) is 30.5 Å². The molecule has 16 heavy (non-hydrogen) atoms. The lowest BCUT2D eigenvalue weighted by atomic mass is 9.98. The van der Waals surface area contributed by atoms with Gasteiger partial charge in [-0.3, -0.25) is 0 Å². The molecule has 0 aromatic heterocycles. The van der Waals surface area contributed by atoms with Crippen molar-refractivity contribution in [1.29, 1.82) is 0 Å². The zero-order valence-corrected chi connectivity index (χ0v) is 9.48. The maximum absolute atomic E-state index is 13.6. The summed E-state index contributed by atoms with van der Waals surface area (Å²) in [6, 6.07) is 2.84. The third-order valence-corrected chi connectivity index (χ3v) is 2.44. The van der Waals surface area contributed by atoms with E-state index in [-0.39, 0.29) is 12.2 Å². The van der Waals surface area contributed by atoms with Crippen molar-refractivity contribution in [1.82, 2.24) is 0 Å². The second-order valence-electron chi connectivity index (χ2n) is 3.42. The Balaban J connectivity index is 3.32. The zero-order valence-electron chi connectivity index (χ0n) is 9.48. The molecule has 1 rings (SSSR count). The molecule has 0 heterocycles. The molecule has 1 aromatic carbocycles. The van der Waals surface area contributed by atoms with E-state index in [1.165, 1.54) is 12.2 Å². The third-order valence-electron chi connectivity index (χ3n) is 2.44. The minimum absolute atomic E-state index is 0.0700. The van der Waals surface area contributed by atoms with Gasteiger partial charge in [-0.05, 0) is 30.0 Å². The second kappa shape index (κ2) is 5.75. The van der Waals surface area contributed by atoms with Gasteiger partial charge < -0.3 is 5.11 Å². The lowest BCUT2D eigenvalue weighted by molar-refractivity contribution is 0.343. The van der Waals surface area contributed by atoms with Crippen LogP contribution in [-0.2, 0) is 12.8 Å². The molecule has 0 saturated heterocycles. The lowest BCUT2D eigenvalue weighted by Gasteiger charge is -2.09. The first-order valence-corrected chi connectivity index (χ1v) is 5.35. The fraction of sp³-hybridized carbons (Fsp3) is 0.385. The molecule has 1 nitrogen and oxygen atoms in total. The van der Waals surface area contributed by atoms with E-state index in [1.807, 2.05) is 6.92 Å². The first-order chi connectivity index (χ1) is 7.65. The summed E-state index contributed by atoms with van der Waals surface area (Å²) in [7, 11) is 0. The minimum atomic E-state index is -0.890. The van der Waals surface area contributed by atoms with Crippen LogP contribution in [0.15, 0.2) is 6.08 Å². The molecule has 0 aliphatic heterocycles. The van der Waals surface area contributed by atoms with Crippen LogP contribution in [0, 0.1) is 17.7 Å². The predicted octanol–water partition coefficient (Wildman–Crippen LogP) is 2.90. The minimum Gasteiger partial charge on any atom is -0.392 e. The highest BCUT2D eigenvalue weighted by Crippen LogP contribution is 2.22. The normalized spacial score (nSPS) is 11.3. The summed E-state index contributed by atoms with van der Waals surface area (Å²) in [5.74, 6) is -1.69. The van der Waals surface area contributed by atoms with Gasteiger partial charge >= 0.3 is 0 Å². The molecular formula is C13H15F2O. The fourth-order valence-electron chi connectivity index (χ4n) is 1.63. The molecule has 1 N–H and O–H groups in total. The Morgan fingerprint density at radius 1 is 1.19 bits per heavy atom. The van der Waals surface area contributed by atoms with Crippen LogP contribution in [0.25, 0.3) is 6.08 Å². The highest BCUT2D eigenvalue weighted by Gasteiger charge is 2.15. The fourth-order valence-corrected chi connectivity index (χ4v) is 1.63. The SMILES string of the molecule is CCc1[c]c(/C=C/CO)c(F)c(F)c1CC. The summed E-state index contributed by atoms with van der Waals surface area (Å²) in [6.07, 6.45) is 3.77. The van der Waals surface area contributed by atoms with Crippen LogP contribution in [0.3, 0.4) is 0 Å². The number of aliphatic hydroxyl groups excluding tert-OH is 1. The van der Waals surface area contributed by atoms with Gasteiger partial charge in [-0.15, -0.1) is 0 Å². The van der Waals surface area contributed by atoms with Crippen LogP contribution in [0.2, 0.25) is 0 Å². The molecule has 1 radical (unpaired) electrons. The van der Waals surface area contributed by atoms with E-state index in [4.69, 9.17) is 5.11 Å². The van der Waals surface area contributed by atoms with Crippen molar-refractivity contribution in [3.8, 4) is 0 Å². The Kier molecular flexibility index (Phi) is 4.62. The maximum Gasteiger partial charge on any atom is 0.166 e. The van der Waals surface area contributed by atoms with Gasteiger partial charge in [0.15, 0.2) is 11.6 Å². The standard InChI is InChI=1S/C13H15F2O/c1-3-9-8-10(6-5-7-16)12(14)13(15)11(9)4-2/h5-6,16H,3-4,7H2,1-2H3/b6-5+. The van der Waals surface area contributed by atoms with E-state index in [0.29, 0.717) is 24.0 Å². The van der Waals surface area contributed by atoms with Crippen molar-refractivity contribution in [3.63, 3.8) is 0 Å². The quantitative estimate of drug-likeness (QED) is 0.835. The van der Waals surface area contributed by atoms with E-state index >= 15 is 0 Å². The summed E-state index contributed by atoms with van der Waals surface area (Å²) in [4.78, 5) is 0. The number of aryl methyl sites for hydroxylation is 1. The molecule has 0 unspecified atom stereocenters. The summed E-state index contributed by atoms with van der Waals surface area (Å²) in [5, 5.41) is 8.60. The van der Waals surface area contributed by atoms with Crippen molar-refractivity contribution < 1.29 is 13.9 Å². The lowest BCUT2D eigenvalue weighted by Crippen LogP contribution is -2.02. The van der Waals surface area contributed by atoms with Crippen molar-refractivity contribution in [2.24, 2.45) is 0 Å². The highest BCUT2D eigenvalue weighted by molar-refractivity contribution is 5.52. The maximum atomic E-state index is 13.6. The topological polar surface area (TPSA) is 20.2 Å². The Morgan fingerprint density at radius 2 is 1.88 bits per heavy atom. The number of aliphatic hydroxyl groups is 1. The molecule has 0 aliphatic rings. The van der Waals surface area contributed by atoms with E-state index in [1.54, 1.807) is 6.92 Å². The van der Waals surface area contributed by atoms with Gasteiger partial charge in [0, 0.05) is 5.56 Å². The highest BCUT2D eigenvalue weighted by atomic mass is 19.2. The average Bonchev–Trinajstić information content (AvgIpc) is 2.30. The van der Waals surface area contributed by atoms with E-state index in [2.05, 4.69) is 6.07 Å². The van der Waals surface area contributed by atoms with Gasteiger partial charge in [0.05, 0.1) is 6.61 Å². The Hall–Kier alpha value is -1.22. The second-order valence-corrected chi connectivity index (χ2v) is 3.42. The van der Waals surface area contributed by atoms with E-state index < -0.39 is 11.6 Å². The monoisotopic (exact) mass is 225 g/mol. The van der Waals surface area contributed by atoms with Crippen LogP contribution in [-0.4, -0.2) is 11.7 Å². The van der Waals surface area contributed by atoms with Crippen molar-refractivity contribution in [2.75, 3.05) is 6.61 Å². The first-order valence-electron chi connectivity index (χ1n) is 5.35. The molecule has 0 aliphatic carbocycles. The zero-order chi connectivity index (χ0) is 12.1. The van der Waals surface area contributed by atoms with Crippen molar-refractivity contribution >= 4 is 6.08 Å². The number of hydrogen-bond acceptors (Lipinski definition) is 1. The smallest absolute Gasteiger partial charge is 0.166 e. The van der Waals surface area contributed by atoms with Crippen LogP contribution in [0.4, 0.5) is 8.78 Å². The van der Waals surface area contributed by atoms with Gasteiger partial charge in [-0.1, -0.05) is 26.0 Å². The Bertz CT molecular complexity index is 397. The summed E-state index contributed by atoms with van der Waals surface area (Å²) in [6.45, 7) is 3.46. The first kappa shape index (κ1) is 12.8. The van der Waals surface area contributed by atoms with Gasteiger partial charge in [-0.25, -0.2) is 8.78 Å². The van der Waals surface area contributed by atoms with E-state index in [0.717, 1.165) is 0 Å². The summed E-state index contributed by atoms with van der Waals surface area (Å²) < 4.78 is 27.2. The molecule has 0 amide bonds.